The fourth-order valence-corrected chi connectivity index (χ4v) is 6.00. The molecule has 1 saturated heterocycles. The van der Waals surface area contributed by atoms with Gasteiger partial charge < -0.3 is 14.7 Å². The highest BCUT2D eigenvalue weighted by molar-refractivity contribution is 7.99. The van der Waals surface area contributed by atoms with Crippen molar-refractivity contribution in [3.05, 3.63) is 60.2 Å². The van der Waals surface area contributed by atoms with Gasteiger partial charge in [-0.25, -0.2) is 9.37 Å². The van der Waals surface area contributed by atoms with Crippen molar-refractivity contribution < 1.29 is 23.4 Å². The van der Waals surface area contributed by atoms with Crippen LogP contribution in [-0.4, -0.2) is 58.4 Å². The van der Waals surface area contributed by atoms with Gasteiger partial charge in [0, 0.05) is 30.3 Å². The van der Waals surface area contributed by atoms with Crippen LogP contribution in [0.1, 0.15) is 43.8 Å². The Kier molecular flexibility index (Phi) is 9.68. The second-order valence-corrected chi connectivity index (χ2v) is 10.7. The summed E-state index contributed by atoms with van der Waals surface area (Å²) in [5.41, 5.74) is 1.32. The Morgan fingerprint density at radius 3 is 2.92 bits per heavy atom. The van der Waals surface area contributed by atoms with Gasteiger partial charge >= 0.3 is 5.97 Å². The molecule has 3 atom stereocenters. The van der Waals surface area contributed by atoms with Crippen LogP contribution in [0.5, 0.6) is 5.75 Å². The van der Waals surface area contributed by atoms with Crippen LogP contribution >= 0.6 is 11.8 Å². The van der Waals surface area contributed by atoms with Crippen molar-refractivity contribution in [3.63, 3.8) is 0 Å². The largest absolute Gasteiger partial charge is 0.497 e. The quantitative estimate of drug-likeness (QED) is 0.171. The minimum Gasteiger partial charge on any atom is -0.497 e. The number of pyridine rings is 2. The highest BCUT2D eigenvalue weighted by Gasteiger charge is 2.31. The molecule has 3 aromatic rings. The molecule has 0 radical (unpaired) electrons. The van der Waals surface area contributed by atoms with Crippen LogP contribution in [0.15, 0.2) is 53.7 Å². The van der Waals surface area contributed by atoms with Gasteiger partial charge in [0.2, 0.25) is 5.95 Å². The molecule has 0 spiro atoms. The van der Waals surface area contributed by atoms with Crippen molar-refractivity contribution in [2.45, 2.75) is 43.3 Å². The molecule has 1 aliphatic rings. The number of benzene rings is 1. The number of aromatic nitrogens is 2. The van der Waals surface area contributed by atoms with Crippen LogP contribution in [0.25, 0.3) is 10.9 Å². The maximum Gasteiger partial charge on any atom is 0.303 e. The van der Waals surface area contributed by atoms with Crippen molar-refractivity contribution in [2.75, 3.05) is 32.5 Å². The molecule has 198 valence electrons. The number of aliphatic carboxylic acids is 1. The predicted octanol–water partition coefficient (Wildman–Crippen LogP) is 6.16. The first-order chi connectivity index (χ1) is 17.9. The van der Waals surface area contributed by atoms with E-state index in [2.05, 4.69) is 14.9 Å². The second-order valence-electron chi connectivity index (χ2n) is 9.54. The van der Waals surface area contributed by atoms with Crippen molar-refractivity contribution in [3.8, 4) is 5.75 Å². The van der Waals surface area contributed by atoms with Crippen molar-refractivity contribution in [1.82, 2.24) is 14.9 Å². The SMILES string of the molecule is COc1ccc2nccc(C(F)CC[C@@H]3CCN(CCCSc4cccc(F)n4)C[C@@H]3CC(=O)O)c2c1. The number of nitrogens with zero attached hydrogens (tertiary/aromatic N) is 3. The van der Waals surface area contributed by atoms with Gasteiger partial charge in [0.25, 0.3) is 0 Å². The lowest BCUT2D eigenvalue weighted by atomic mass is 9.79. The number of thioether (sulfide) groups is 1. The van der Waals surface area contributed by atoms with E-state index in [9.17, 15) is 14.3 Å². The molecule has 2 aromatic heterocycles. The normalized spacial score (nSPS) is 19.1. The van der Waals surface area contributed by atoms with Crippen LogP contribution in [0.4, 0.5) is 8.78 Å². The number of piperidine rings is 1. The number of rotatable bonds is 12. The number of carboxylic acid groups (broad SMARTS) is 1. The zero-order chi connectivity index (χ0) is 26.2. The van der Waals surface area contributed by atoms with E-state index >= 15 is 4.39 Å². The lowest BCUT2D eigenvalue weighted by molar-refractivity contribution is -0.139. The van der Waals surface area contributed by atoms with E-state index in [-0.39, 0.29) is 18.3 Å². The molecule has 1 N–H and O–H groups in total. The minimum absolute atomic E-state index is 0.00901. The van der Waals surface area contributed by atoms with Crippen LogP contribution < -0.4 is 4.74 Å². The lowest BCUT2D eigenvalue weighted by Crippen LogP contribution is -2.42. The lowest BCUT2D eigenvalue weighted by Gasteiger charge is -2.38. The van der Waals surface area contributed by atoms with Crippen molar-refractivity contribution in [1.29, 1.82) is 0 Å². The molecule has 0 saturated carbocycles. The van der Waals surface area contributed by atoms with E-state index in [1.54, 1.807) is 31.5 Å². The van der Waals surface area contributed by atoms with Gasteiger partial charge in [0.15, 0.2) is 0 Å². The summed E-state index contributed by atoms with van der Waals surface area (Å²) in [5.74, 6) is 0.344. The van der Waals surface area contributed by atoms with Gasteiger partial charge in [-0.3, -0.25) is 9.78 Å². The minimum atomic E-state index is -1.16. The molecule has 1 aliphatic heterocycles. The van der Waals surface area contributed by atoms with Gasteiger partial charge in [-0.05, 0) is 92.6 Å². The van der Waals surface area contributed by atoms with Crippen molar-refractivity contribution in [2.24, 2.45) is 11.8 Å². The van der Waals surface area contributed by atoms with Crippen LogP contribution in [0.3, 0.4) is 0 Å². The first-order valence-electron chi connectivity index (χ1n) is 12.7. The highest BCUT2D eigenvalue weighted by Crippen LogP contribution is 2.36. The fourth-order valence-electron chi connectivity index (χ4n) is 5.19. The Morgan fingerprint density at radius 2 is 2.14 bits per heavy atom. The standard InChI is InChI=1S/C28H33F2N3O3S/c1-36-21-7-9-25-23(17-21)22(10-12-31-25)24(29)8-6-19-11-14-33(18-20(19)16-28(34)35)13-3-15-37-27-5-2-4-26(30)32-27/h2,4-5,7,9-10,12,17,19-20,24H,3,6,8,11,13-16,18H2,1H3,(H,34,35)/t19-,20+,24?/m1/s1. The van der Waals surface area contributed by atoms with Crippen LogP contribution in [-0.2, 0) is 4.79 Å². The topological polar surface area (TPSA) is 75.5 Å². The van der Waals surface area contributed by atoms with E-state index in [0.29, 0.717) is 35.7 Å². The number of hydrogen-bond acceptors (Lipinski definition) is 6. The monoisotopic (exact) mass is 529 g/mol. The summed E-state index contributed by atoms with van der Waals surface area (Å²) in [4.78, 5) is 22.1. The molecule has 0 amide bonds. The molecule has 0 bridgehead atoms. The van der Waals surface area contributed by atoms with Crippen LogP contribution in [0.2, 0.25) is 0 Å². The molecule has 1 aromatic carbocycles. The van der Waals surface area contributed by atoms with E-state index in [4.69, 9.17) is 4.74 Å². The fraction of sp³-hybridized carbons (Fsp3) is 0.464. The maximum atomic E-state index is 15.5. The third-order valence-corrected chi connectivity index (χ3v) is 8.10. The molecule has 6 nitrogen and oxygen atoms in total. The molecule has 0 aliphatic carbocycles. The Hall–Kier alpha value is -2.78. The Morgan fingerprint density at radius 1 is 1.27 bits per heavy atom. The summed E-state index contributed by atoms with van der Waals surface area (Å²) >= 11 is 1.52. The molecular weight excluding hydrogens is 496 g/mol. The smallest absolute Gasteiger partial charge is 0.303 e. The molecule has 3 heterocycles. The molecule has 4 rings (SSSR count). The van der Waals surface area contributed by atoms with E-state index in [1.807, 2.05) is 18.2 Å². The van der Waals surface area contributed by atoms with Gasteiger partial charge in [-0.15, -0.1) is 11.8 Å². The third kappa shape index (κ3) is 7.61. The van der Waals surface area contributed by atoms with E-state index in [1.165, 1.54) is 17.8 Å². The van der Waals surface area contributed by atoms with Gasteiger partial charge in [0.05, 0.1) is 17.7 Å². The Labute approximate surface area is 220 Å². The average Bonchev–Trinajstić information content (AvgIpc) is 2.89. The van der Waals surface area contributed by atoms with Gasteiger partial charge in [0.1, 0.15) is 11.9 Å². The summed E-state index contributed by atoms with van der Waals surface area (Å²) in [6.07, 6.45) is 3.30. The summed E-state index contributed by atoms with van der Waals surface area (Å²) in [6.45, 7) is 2.42. The summed E-state index contributed by atoms with van der Waals surface area (Å²) in [6, 6.07) is 12.0. The third-order valence-electron chi connectivity index (χ3n) is 7.08. The molecule has 1 fully saturated rings. The van der Waals surface area contributed by atoms with Gasteiger partial charge in [-0.1, -0.05) is 6.07 Å². The summed E-state index contributed by atoms with van der Waals surface area (Å²) < 4.78 is 34.0. The Bertz CT molecular complexity index is 1200. The van der Waals surface area contributed by atoms with Crippen molar-refractivity contribution >= 4 is 28.6 Å². The van der Waals surface area contributed by atoms with Gasteiger partial charge in [-0.2, -0.15) is 4.39 Å². The molecular formula is C28H33F2N3O3S. The second kappa shape index (κ2) is 13.1. The van der Waals surface area contributed by atoms with Crippen LogP contribution in [0, 0.1) is 17.8 Å². The first-order valence-corrected chi connectivity index (χ1v) is 13.7. The molecule has 1 unspecified atom stereocenters. The zero-order valence-corrected chi connectivity index (χ0v) is 21.8. The highest BCUT2D eigenvalue weighted by atomic mass is 32.2. The average molecular weight is 530 g/mol. The van der Waals surface area contributed by atoms with E-state index < -0.39 is 18.1 Å². The summed E-state index contributed by atoms with van der Waals surface area (Å²) in [7, 11) is 1.58. The number of carbonyl (C=O) groups is 1. The number of ether oxygens (including phenoxy) is 1. The van der Waals surface area contributed by atoms with E-state index in [0.717, 1.165) is 42.6 Å². The number of alkyl halides is 1. The Balaban J connectivity index is 1.31. The zero-order valence-electron chi connectivity index (χ0n) is 21.0. The number of hydrogen-bond donors (Lipinski definition) is 1. The summed E-state index contributed by atoms with van der Waals surface area (Å²) in [5, 5.41) is 10.9. The first kappa shape index (κ1) is 27.3. The number of carboxylic acids is 1. The number of likely N-dealkylation sites (tertiary alicyclic amines) is 1. The predicted molar refractivity (Wildman–Crippen MR) is 141 cm³/mol. The number of fused-ring (bicyclic) bond motifs is 1. The number of halogens is 2. The molecule has 37 heavy (non-hydrogen) atoms. The molecule has 9 heteroatoms. The number of methoxy groups -OCH3 is 1. The maximum absolute atomic E-state index is 15.5.